The second kappa shape index (κ2) is 10.5. The Kier molecular flexibility index (Phi) is 8.75. The van der Waals surface area contributed by atoms with E-state index in [1.165, 1.54) is 23.2 Å². The SMILES string of the molecule is CCSOc1ccc(C(CC)(CC)c2ccc(OCC(C)(O)C(C)(C)C)c(C)c2)cc1C. The number of hydrogen-bond donors (Lipinski definition) is 1. The zero-order valence-electron chi connectivity index (χ0n) is 21.5. The molecule has 0 fully saturated rings. The second-order valence-electron chi connectivity index (χ2n) is 10.1. The van der Waals surface area contributed by atoms with Crippen LogP contribution in [0.1, 0.15) is 83.6 Å². The molecule has 0 heterocycles. The number of ether oxygens (including phenoxy) is 1. The molecule has 2 rings (SSSR count). The van der Waals surface area contributed by atoms with Crippen molar-refractivity contribution >= 4 is 12.0 Å². The Balaban J connectivity index is 2.36. The average Bonchev–Trinajstić information content (AvgIpc) is 2.73. The highest BCUT2D eigenvalue weighted by atomic mass is 32.2. The Hall–Kier alpha value is -1.65. The third-order valence-corrected chi connectivity index (χ3v) is 7.59. The molecule has 1 atom stereocenters. The maximum Gasteiger partial charge on any atom is 0.140 e. The first-order chi connectivity index (χ1) is 14.9. The molecule has 0 saturated carbocycles. The van der Waals surface area contributed by atoms with Crippen LogP contribution in [-0.2, 0) is 5.41 Å². The van der Waals surface area contributed by atoms with Crippen LogP contribution >= 0.6 is 12.0 Å². The highest BCUT2D eigenvalue weighted by Gasteiger charge is 2.36. The molecule has 3 nitrogen and oxygen atoms in total. The number of benzene rings is 2. The molecule has 4 heteroatoms. The van der Waals surface area contributed by atoms with E-state index in [1.54, 1.807) is 0 Å². The maximum atomic E-state index is 10.8. The molecule has 0 spiro atoms. The Morgan fingerprint density at radius 2 is 1.31 bits per heavy atom. The Morgan fingerprint density at radius 1 is 0.812 bits per heavy atom. The van der Waals surface area contributed by atoms with Gasteiger partial charge in [0.1, 0.15) is 23.7 Å². The second-order valence-corrected chi connectivity index (χ2v) is 11.0. The summed E-state index contributed by atoms with van der Waals surface area (Å²) >= 11 is 1.48. The lowest BCUT2D eigenvalue weighted by Gasteiger charge is -2.37. The van der Waals surface area contributed by atoms with Gasteiger partial charge in [-0.05, 0) is 73.4 Å². The average molecular weight is 459 g/mol. The summed E-state index contributed by atoms with van der Waals surface area (Å²) in [6, 6.07) is 13.1. The summed E-state index contributed by atoms with van der Waals surface area (Å²) in [7, 11) is 0. The largest absolute Gasteiger partial charge is 0.490 e. The van der Waals surface area contributed by atoms with Gasteiger partial charge in [0.25, 0.3) is 0 Å². The van der Waals surface area contributed by atoms with E-state index in [0.717, 1.165) is 41.2 Å². The molecule has 0 saturated heterocycles. The van der Waals surface area contributed by atoms with Crippen LogP contribution in [-0.4, -0.2) is 23.1 Å². The van der Waals surface area contributed by atoms with Gasteiger partial charge in [0.05, 0.1) is 12.0 Å². The number of aryl methyl sites for hydroxylation is 2. The van der Waals surface area contributed by atoms with Gasteiger partial charge in [-0.2, -0.15) is 0 Å². The van der Waals surface area contributed by atoms with Crippen LogP contribution in [0.3, 0.4) is 0 Å². The number of rotatable bonds is 10. The van der Waals surface area contributed by atoms with Crippen LogP contribution in [0.2, 0.25) is 0 Å². The quantitative estimate of drug-likeness (QED) is 0.371. The minimum Gasteiger partial charge on any atom is -0.490 e. The monoisotopic (exact) mass is 458 g/mol. The van der Waals surface area contributed by atoms with E-state index >= 15 is 0 Å². The van der Waals surface area contributed by atoms with E-state index in [4.69, 9.17) is 8.92 Å². The molecule has 0 bridgehead atoms. The molecule has 32 heavy (non-hydrogen) atoms. The first kappa shape index (κ1) is 26.6. The predicted octanol–water partition coefficient (Wildman–Crippen LogP) is 7.63. The van der Waals surface area contributed by atoms with Gasteiger partial charge in [-0.1, -0.05) is 65.8 Å². The summed E-state index contributed by atoms with van der Waals surface area (Å²) < 4.78 is 11.9. The first-order valence-electron chi connectivity index (χ1n) is 11.8. The fourth-order valence-electron chi connectivity index (χ4n) is 3.94. The summed E-state index contributed by atoms with van der Waals surface area (Å²) in [4.78, 5) is 0. The molecule has 0 aromatic heterocycles. The van der Waals surface area contributed by atoms with Crippen molar-refractivity contribution in [2.45, 2.75) is 86.2 Å². The lowest BCUT2D eigenvalue weighted by Crippen LogP contribution is -2.45. The third-order valence-electron chi connectivity index (χ3n) is 7.05. The Morgan fingerprint density at radius 3 is 1.72 bits per heavy atom. The van der Waals surface area contributed by atoms with E-state index in [-0.39, 0.29) is 17.4 Å². The van der Waals surface area contributed by atoms with Crippen molar-refractivity contribution in [1.29, 1.82) is 0 Å². The minimum atomic E-state index is -0.911. The Labute approximate surface area is 200 Å². The van der Waals surface area contributed by atoms with E-state index < -0.39 is 5.60 Å². The van der Waals surface area contributed by atoms with Crippen LogP contribution in [0.15, 0.2) is 36.4 Å². The fourth-order valence-corrected chi connectivity index (χ4v) is 4.37. The molecule has 178 valence electrons. The summed E-state index contributed by atoms with van der Waals surface area (Å²) in [5.41, 5.74) is 3.63. The topological polar surface area (TPSA) is 38.7 Å². The highest BCUT2D eigenvalue weighted by molar-refractivity contribution is 7.94. The van der Waals surface area contributed by atoms with Crippen molar-refractivity contribution in [3.63, 3.8) is 0 Å². The van der Waals surface area contributed by atoms with Crippen LogP contribution in [0.5, 0.6) is 11.5 Å². The first-order valence-corrected chi connectivity index (χ1v) is 12.7. The van der Waals surface area contributed by atoms with Gasteiger partial charge in [0, 0.05) is 11.2 Å². The van der Waals surface area contributed by atoms with Crippen LogP contribution in [0.4, 0.5) is 0 Å². The van der Waals surface area contributed by atoms with E-state index in [2.05, 4.69) is 71.0 Å². The summed E-state index contributed by atoms with van der Waals surface area (Å²) in [5.74, 6) is 2.69. The minimum absolute atomic E-state index is 0.0681. The molecule has 0 amide bonds. The summed E-state index contributed by atoms with van der Waals surface area (Å²) in [6.07, 6.45) is 2.01. The molecule has 0 radical (unpaired) electrons. The van der Waals surface area contributed by atoms with E-state index in [1.807, 2.05) is 27.7 Å². The van der Waals surface area contributed by atoms with Gasteiger partial charge in [-0.3, -0.25) is 0 Å². The molecular weight excluding hydrogens is 416 g/mol. The molecule has 2 aromatic rings. The lowest BCUT2D eigenvalue weighted by atomic mass is 9.70. The molecule has 0 aliphatic heterocycles. The molecule has 1 N–H and O–H groups in total. The highest BCUT2D eigenvalue weighted by Crippen LogP contribution is 2.42. The van der Waals surface area contributed by atoms with E-state index in [9.17, 15) is 5.11 Å². The normalized spacial score (nSPS) is 14.2. The summed E-state index contributed by atoms with van der Waals surface area (Å²) in [5, 5.41) is 10.8. The van der Waals surface area contributed by atoms with Gasteiger partial charge in [-0.15, -0.1) is 0 Å². The molecule has 0 aliphatic rings. The fraction of sp³-hybridized carbons (Fsp3) is 0.571. The molecule has 0 aliphatic carbocycles. The predicted molar refractivity (Wildman–Crippen MR) is 138 cm³/mol. The van der Waals surface area contributed by atoms with E-state index in [0.29, 0.717) is 0 Å². The van der Waals surface area contributed by atoms with Gasteiger partial charge < -0.3 is 14.0 Å². The number of hydrogen-bond acceptors (Lipinski definition) is 4. The van der Waals surface area contributed by atoms with Crippen molar-refractivity contribution in [3.05, 3.63) is 58.7 Å². The standard InChI is InChI=1S/C28H42O3S/c1-10-28(11-2,23-14-16-25(21(5)18-23)31-32-12-3)22-13-15-24(20(4)17-22)30-19-27(9,29)26(6,7)8/h13-18,29H,10-12,19H2,1-9H3. The summed E-state index contributed by atoms with van der Waals surface area (Å²) in [6.45, 7) is 19.0. The van der Waals surface area contributed by atoms with Gasteiger partial charge in [0.2, 0.25) is 0 Å². The van der Waals surface area contributed by atoms with Crippen molar-refractivity contribution in [1.82, 2.24) is 0 Å². The van der Waals surface area contributed by atoms with Gasteiger partial charge >= 0.3 is 0 Å². The zero-order chi connectivity index (χ0) is 24.2. The van der Waals surface area contributed by atoms with Crippen molar-refractivity contribution in [2.24, 2.45) is 5.41 Å². The smallest absolute Gasteiger partial charge is 0.140 e. The third kappa shape index (κ3) is 5.63. The molecular formula is C28H42O3S. The van der Waals surface area contributed by atoms with Crippen molar-refractivity contribution in [3.8, 4) is 11.5 Å². The lowest BCUT2D eigenvalue weighted by molar-refractivity contribution is -0.0725. The van der Waals surface area contributed by atoms with Crippen LogP contribution in [0, 0.1) is 19.3 Å². The molecule has 2 aromatic carbocycles. The van der Waals surface area contributed by atoms with Crippen LogP contribution in [0.25, 0.3) is 0 Å². The number of aliphatic hydroxyl groups is 1. The maximum absolute atomic E-state index is 10.8. The molecule has 1 unspecified atom stereocenters. The van der Waals surface area contributed by atoms with Crippen molar-refractivity contribution < 1.29 is 14.0 Å². The van der Waals surface area contributed by atoms with Crippen molar-refractivity contribution in [2.75, 3.05) is 12.4 Å². The van der Waals surface area contributed by atoms with Gasteiger partial charge in [0.15, 0.2) is 0 Å². The van der Waals surface area contributed by atoms with Gasteiger partial charge in [-0.25, -0.2) is 0 Å². The zero-order valence-corrected chi connectivity index (χ0v) is 22.3. The Bertz CT molecular complexity index is 892. The van der Waals surface area contributed by atoms with Crippen LogP contribution < -0.4 is 8.92 Å².